The Balaban J connectivity index is 1.68. The van der Waals surface area contributed by atoms with Crippen molar-refractivity contribution >= 4 is 21.6 Å². The number of aromatic nitrogens is 1. The molecule has 1 saturated carbocycles. The molecule has 1 aliphatic carbocycles. The quantitative estimate of drug-likeness (QED) is 0.826. The van der Waals surface area contributed by atoms with Crippen LogP contribution in [0, 0.1) is 6.92 Å². The minimum atomic E-state index is -3.61. The number of pyridine rings is 1. The predicted molar refractivity (Wildman–Crippen MR) is 97.3 cm³/mol. The maximum absolute atomic E-state index is 12.5. The van der Waals surface area contributed by atoms with Crippen molar-refractivity contribution in [2.45, 2.75) is 50.2 Å². The van der Waals surface area contributed by atoms with Gasteiger partial charge >= 0.3 is 0 Å². The topological polar surface area (TPSA) is 68.3 Å². The standard InChI is InChI=1S/C18H21ClN2O3S/c1-13-10-15(19)6-7-17(13)25(22,23)21-12-14-8-9-20-18(11-14)24-16-4-2-3-5-16/h6-11,16,21H,2-5,12H2,1H3. The van der Waals surface area contributed by atoms with E-state index in [1.807, 2.05) is 0 Å². The molecule has 1 heterocycles. The average Bonchev–Trinajstić information content (AvgIpc) is 3.06. The Labute approximate surface area is 153 Å². The van der Waals surface area contributed by atoms with E-state index in [9.17, 15) is 8.42 Å². The van der Waals surface area contributed by atoms with Crippen molar-refractivity contribution < 1.29 is 13.2 Å². The van der Waals surface area contributed by atoms with Crippen molar-refractivity contribution in [3.05, 3.63) is 52.7 Å². The Morgan fingerprint density at radius 1 is 1.24 bits per heavy atom. The van der Waals surface area contributed by atoms with Gasteiger partial charge in [-0.2, -0.15) is 0 Å². The molecule has 0 spiro atoms. The first kappa shape index (κ1) is 18.2. The van der Waals surface area contributed by atoms with Gasteiger partial charge in [-0.05, 0) is 68.0 Å². The molecule has 1 aromatic heterocycles. The monoisotopic (exact) mass is 380 g/mol. The second-order valence-corrected chi connectivity index (χ2v) is 8.43. The van der Waals surface area contributed by atoms with Crippen LogP contribution in [0.15, 0.2) is 41.4 Å². The summed E-state index contributed by atoms with van der Waals surface area (Å²) in [6, 6.07) is 8.29. The van der Waals surface area contributed by atoms with Crippen molar-refractivity contribution in [3.63, 3.8) is 0 Å². The van der Waals surface area contributed by atoms with Crippen LogP contribution in [-0.2, 0) is 16.6 Å². The molecule has 3 rings (SSSR count). The fourth-order valence-electron chi connectivity index (χ4n) is 2.97. The fourth-order valence-corrected chi connectivity index (χ4v) is 4.44. The third-order valence-corrected chi connectivity index (χ3v) is 6.08. The average molecular weight is 381 g/mol. The zero-order valence-corrected chi connectivity index (χ0v) is 15.6. The summed E-state index contributed by atoms with van der Waals surface area (Å²) in [6.07, 6.45) is 6.33. The van der Waals surface area contributed by atoms with Crippen molar-refractivity contribution in [2.75, 3.05) is 0 Å². The molecular weight excluding hydrogens is 360 g/mol. The highest BCUT2D eigenvalue weighted by molar-refractivity contribution is 7.89. The summed E-state index contributed by atoms with van der Waals surface area (Å²) in [5, 5.41) is 0.513. The number of hydrogen-bond acceptors (Lipinski definition) is 4. The number of benzene rings is 1. The van der Waals surface area contributed by atoms with Crippen LogP contribution in [0.2, 0.25) is 5.02 Å². The van der Waals surface area contributed by atoms with Gasteiger partial charge in [0.25, 0.3) is 0 Å². The maximum Gasteiger partial charge on any atom is 0.241 e. The Morgan fingerprint density at radius 2 is 2.00 bits per heavy atom. The van der Waals surface area contributed by atoms with Crippen LogP contribution in [0.4, 0.5) is 0 Å². The third-order valence-electron chi connectivity index (χ3n) is 4.28. The van der Waals surface area contributed by atoms with Gasteiger partial charge in [0, 0.05) is 23.8 Å². The number of nitrogens with one attached hydrogen (secondary N) is 1. The number of nitrogens with zero attached hydrogens (tertiary/aromatic N) is 1. The maximum atomic E-state index is 12.5. The highest BCUT2D eigenvalue weighted by atomic mass is 35.5. The first-order valence-corrected chi connectivity index (χ1v) is 10.2. The predicted octanol–water partition coefficient (Wildman–Crippen LogP) is 3.84. The Kier molecular flexibility index (Phi) is 5.61. The molecule has 0 bridgehead atoms. The van der Waals surface area contributed by atoms with E-state index < -0.39 is 10.0 Å². The zero-order chi connectivity index (χ0) is 17.9. The summed E-state index contributed by atoms with van der Waals surface area (Å²) in [7, 11) is -3.61. The van der Waals surface area contributed by atoms with Gasteiger partial charge < -0.3 is 4.74 Å². The van der Waals surface area contributed by atoms with Gasteiger partial charge in [0.1, 0.15) is 6.10 Å². The van der Waals surface area contributed by atoms with E-state index >= 15 is 0 Å². The van der Waals surface area contributed by atoms with Gasteiger partial charge in [-0.1, -0.05) is 11.6 Å². The van der Waals surface area contributed by atoms with Gasteiger partial charge in [-0.3, -0.25) is 0 Å². The third kappa shape index (κ3) is 4.71. The number of rotatable bonds is 6. The SMILES string of the molecule is Cc1cc(Cl)ccc1S(=O)(=O)NCc1ccnc(OC2CCCC2)c1. The van der Waals surface area contributed by atoms with Gasteiger partial charge in [-0.15, -0.1) is 0 Å². The summed E-state index contributed by atoms with van der Waals surface area (Å²) < 4.78 is 33.5. The van der Waals surface area contributed by atoms with E-state index in [2.05, 4.69) is 9.71 Å². The number of halogens is 1. The molecule has 0 saturated heterocycles. The molecule has 0 radical (unpaired) electrons. The molecule has 1 fully saturated rings. The lowest BCUT2D eigenvalue weighted by Crippen LogP contribution is -2.24. The lowest BCUT2D eigenvalue weighted by atomic mass is 10.2. The van der Waals surface area contributed by atoms with Crippen molar-refractivity contribution in [1.29, 1.82) is 0 Å². The fraction of sp³-hybridized carbons (Fsp3) is 0.389. The molecule has 0 aliphatic heterocycles. The van der Waals surface area contributed by atoms with Crippen LogP contribution in [0.3, 0.4) is 0 Å². The molecule has 134 valence electrons. The molecule has 2 aromatic rings. The number of ether oxygens (including phenoxy) is 1. The molecule has 1 aromatic carbocycles. The van der Waals surface area contributed by atoms with Crippen molar-refractivity contribution in [2.24, 2.45) is 0 Å². The molecule has 1 N–H and O–H groups in total. The molecule has 7 heteroatoms. The number of sulfonamides is 1. The molecule has 1 aliphatic rings. The van der Waals surface area contributed by atoms with Crippen LogP contribution in [0.1, 0.15) is 36.8 Å². The summed E-state index contributed by atoms with van der Waals surface area (Å²) in [6.45, 7) is 1.90. The van der Waals surface area contributed by atoms with Crippen molar-refractivity contribution in [1.82, 2.24) is 9.71 Å². The smallest absolute Gasteiger partial charge is 0.241 e. The van der Waals surface area contributed by atoms with E-state index in [1.54, 1.807) is 37.4 Å². The van der Waals surface area contributed by atoms with Crippen LogP contribution in [-0.4, -0.2) is 19.5 Å². The molecule has 25 heavy (non-hydrogen) atoms. The second-order valence-electron chi connectivity index (χ2n) is 6.26. The van der Waals surface area contributed by atoms with Gasteiger partial charge in [0.15, 0.2) is 0 Å². The van der Waals surface area contributed by atoms with Crippen molar-refractivity contribution in [3.8, 4) is 5.88 Å². The molecule has 0 amide bonds. The van der Waals surface area contributed by atoms with Crippen LogP contribution in [0.25, 0.3) is 0 Å². The summed E-state index contributed by atoms with van der Waals surface area (Å²) >= 11 is 5.89. The van der Waals surface area contributed by atoms with E-state index in [0.29, 0.717) is 16.5 Å². The van der Waals surface area contributed by atoms with Crippen LogP contribution >= 0.6 is 11.6 Å². The molecule has 5 nitrogen and oxygen atoms in total. The highest BCUT2D eigenvalue weighted by Crippen LogP contribution is 2.23. The van der Waals surface area contributed by atoms with E-state index in [4.69, 9.17) is 16.3 Å². The van der Waals surface area contributed by atoms with E-state index in [0.717, 1.165) is 18.4 Å². The first-order chi connectivity index (χ1) is 11.9. The van der Waals surface area contributed by atoms with Crippen LogP contribution < -0.4 is 9.46 Å². The summed E-state index contributed by atoms with van der Waals surface area (Å²) in [5.41, 5.74) is 1.41. The number of hydrogen-bond donors (Lipinski definition) is 1. The minimum absolute atomic E-state index is 0.175. The Bertz CT molecular complexity index is 849. The lowest BCUT2D eigenvalue weighted by Gasteiger charge is -2.13. The van der Waals surface area contributed by atoms with Crippen LogP contribution in [0.5, 0.6) is 5.88 Å². The molecule has 0 atom stereocenters. The van der Waals surface area contributed by atoms with Gasteiger partial charge in [0.05, 0.1) is 4.90 Å². The van der Waals surface area contributed by atoms with Gasteiger partial charge in [0.2, 0.25) is 15.9 Å². The second kappa shape index (κ2) is 7.72. The summed E-state index contributed by atoms with van der Waals surface area (Å²) in [5.74, 6) is 0.547. The zero-order valence-electron chi connectivity index (χ0n) is 14.0. The highest BCUT2D eigenvalue weighted by Gasteiger charge is 2.18. The lowest BCUT2D eigenvalue weighted by molar-refractivity contribution is 0.201. The Morgan fingerprint density at radius 3 is 2.72 bits per heavy atom. The number of aryl methyl sites for hydroxylation is 1. The molecule has 0 unspecified atom stereocenters. The normalized spacial score (nSPS) is 15.4. The summed E-state index contributed by atoms with van der Waals surface area (Å²) in [4.78, 5) is 4.45. The first-order valence-electron chi connectivity index (χ1n) is 8.31. The molecular formula is C18H21ClN2O3S. The minimum Gasteiger partial charge on any atom is -0.474 e. The Hall–Kier alpha value is -1.63. The largest absolute Gasteiger partial charge is 0.474 e. The van der Waals surface area contributed by atoms with Gasteiger partial charge in [-0.25, -0.2) is 18.1 Å². The van der Waals surface area contributed by atoms with E-state index in [-0.39, 0.29) is 17.5 Å². The van der Waals surface area contributed by atoms with E-state index in [1.165, 1.54) is 18.9 Å².